The Morgan fingerprint density at radius 3 is 2.69 bits per heavy atom. The number of ether oxygens (including phenoxy) is 1. The molecule has 0 aliphatic carbocycles. The Balaban J connectivity index is 2.66. The molecule has 26 heavy (non-hydrogen) atoms. The molecule has 0 aliphatic heterocycles. The quantitative estimate of drug-likeness (QED) is 0.842. The third-order valence-corrected chi connectivity index (χ3v) is 3.50. The lowest BCUT2D eigenvalue weighted by Crippen LogP contribution is -2.15. The molecule has 0 fully saturated rings. The number of halogens is 1. The average molecular weight is 369 g/mol. The maximum Gasteiger partial charge on any atom is 0.354 e. The normalized spacial score (nSPS) is 18.4. The summed E-state index contributed by atoms with van der Waals surface area (Å²) < 4.78 is 98.9. The summed E-state index contributed by atoms with van der Waals surface area (Å²) in [4.78, 5) is 27.3. The Hall–Kier alpha value is -2.76. The minimum atomic E-state index is -3.71. The van der Waals surface area contributed by atoms with Gasteiger partial charge in [0.2, 0.25) is 0 Å². The zero-order valence-electron chi connectivity index (χ0n) is 23.7. The number of aromatic carboxylic acids is 1. The van der Waals surface area contributed by atoms with Crippen LogP contribution in [-0.2, 0) is 23.1 Å². The fourth-order valence-electron chi connectivity index (χ4n) is 2.30. The fourth-order valence-corrected chi connectivity index (χ4v) is 2.30. The second-order valence-electron chi connectivity index (χ2n) is 5.54. The van der Waals surface area contributed by atoms with Crippen LogP contribution in [0, 0.1) is 5.82 Å². The molecule has 1 aromatic carbocycles. The van der Waals surface area contributed by atoms with Gasteiger partial charge in [0.15, 0.2) is 0 Å². The summed E-state index contributed by atoms with van der Waals surface area (Å²) in [6, 6.07) is 1.99. The molecule has 0 atom stereocenters. The topological polar surface area (TPSA) is 76.5 Å². The fraction of sp³-hybridized carbons (Fsp3) is 0.350. The number of pyridine rings is 1. The number of carbonyl (C=O) groups excluding carboxylic acids is 1. The average Bonchev–Trinajstić information content (AvgIpc) is 2.68. The van der Waals surface area contributed by atoms with Crippen molar-refractivity contribution in [3.8, 4) is 5.75 Å². The van der Waals surface area contributed by atoms with E-state index in [2.05, 4.69) is 4.98 Å². The first-order valence-corrected chi connectivity index (χ1v) is 7.36. The van der Waals surface area contributed by atoms with Crippen LogP contribution in [0.5, 0.6) is 5.75 Å². The van der Waals surface area contributed by atoms with Gasteiger partial charge in [-0.15, -0.1) is 0 Å². The first kappa shape index (κ1) is 9.80. The molecule has 2 aromatic rings. The Morgan fingerprint density at radius 1 is 1.35 bits per heavy atom. The number of carbonyl (C=O) groups is 2. The van der Waals surface area contributed by atoms with E-state index in [1.807, 2.05) is 0 Å². The lowest BCUT2D eigenvalue weighted by molar-refractivity contribution is -0.117. The van der Waals surface area contributed by atoms with E-state index < -0.39 is 72.9 Å². The highest BCUT2D eigenvalue weighted by Crippen LogP contribution is 2.33. The molecule has 0 saturated heterocycles. The van der Waals surface area contributed by atoms with Gasteiger partial charge < -0.3 is 9.84 Å². The molecule has 0 saturated carbocycles. The maximum absolute atomic E-state index is 15.2. The molecule has 0 aliphatic rings. The van der Waals surface area contributed by atoms with Crippen molar-refractivity contribution in [2.45, 2.75) is 38.8 Å². The molecular formula is C20H22FNO4. The highest BCUT2D eigenvalue weighted by Gasteiger charge is 2.22. The van der Waals surface area contributed by atoms with Crippen LogP contribution in [0.4, 0.5) is 4.39 Å². The number of aromatic nitrogens is 1. The first-order chi connectivity index (χ1) is 16.3. The molecule has 1 heterocycles. The van der Waals surface area contributed by atoms with Crippen LogP contribution >= 0.6 is 0 Å². The van der Waals surface area contributed by atoms with Crippen molar-refractivity contribution in [2.24, 2.45) is 0 Å². The van der Waals surface area contributed by atoms with Gasteiger partial charge in [-0.05, 0) is 40.8 Å². The molecule has 5 nitrogen and oxygen atoms in total. The SMILES string of the molecule is [2H]c1c(CC(=O)Cc2ccnc(C(=O)O)c2)c(F)cc(C(C([2H])([2H])[2H])(C([2H])([2H])[2H])C([2H])([2H])[2H])c1OC. The van der Waals surface area contributed by atoms with Crippen molar-refractivity contribution in [3.63, 3.8) is 0 Å². The minimum absolute atomic E-state index is 0.245. The van der Waals surface area contributed by atoms with Crippen LogP contribution in [0.3, 0.4) is 0 Å². The summed E-state index contributed by atoms with van der Waals surface area (Å²) in [7, 11) is 0.925. The predicted octanol–water partition coefficient (Wildman–Crippen LogP) is 3.58. The van der Waals surface area contributed by atoms with Gasteiger partial charge in [-0.25, -0.2) is 14.2 Å². The van der Waals surface area contributed by atoms with Crippen LogP contribution in [0.15, 0.2) is 30.4 Å². The van der Waals surface area contributed by atoms with Gasteiger partial charge in [0.1, 0.15) is 23.0 Å². The van der Waals surface area contributed by atoms with E-state index in [0.717, 1.165) is 13.2 Å². The number of carboxylic acid groups (broad SMARTS) is 1. The van der Waals surface area contributed by atoms with Crippen LogP contribution < -0.4 is 4.74 Å². The first-order valence-electron chi connectivity index (χ1n) is 12.4. The van der Waals surface area contributed by atoms with Crippen LogP contribution in [0.2, 0.25) is 0 Å². The molecule has 0 unspecified atom stereocenters. The molecule has 1 N–H and O–H groups in total. The summed E-state index contributed by atoms with van der Waals surface area (Å²) in [6.07, 6.45) is 0.0717. The van der Waals surface area contributed by atoms with Gasteiger partial charge in [0, 0.05) is 36.9 Å². The second-order valence-corrected chi connectivity index (χ2v) is 5.54. The van der Waals surface area contributed by atoms with Crippen LogP contribution in [0.25, 0.3) is 0 Å². The maximum atomic E-state index is 15.2. The number of carboxylic acids is 1. The Morgan fingerprint density at radius 2 is 2.08 bits per heavy atom. The van der Waals surface area contributed by atoms with E-state index >= 15 is 4.39 Å². The number of Topliss-reactive ketones (excluding diaryl/α,β-unsaturated/α-hetero) is 1. The summed E-state index contributed by atoms with van der Waals surface area (Å²) in [5.41, 5.74) is -5.34. The highest BCUT2D eigenvalue weighted by atomic mass is 19.1. The summed E-state index contributed by atoms with van der Waals surface area (Å²) in [6.45, 7) is -11.1. The van der Waals surface area contributed by atoms with Crippen molar-refractivity contribution in [1.82, 2.24) is 4.98 Å². The molecule has 1 aromatic heterocycles. The van der Waals surface area contributed by atoms with Crippen molar-refractivity contribution < 1.29 is 37.5 Å². The van der Waals surface area contributed by atoms with Gasteiger partial charge in [0.05, 0.1) is 8.48 Å². The zero-order chi connectivity index (χ0) is 27.9. The minimum Gasteiger partial charge on any atom is -0.496 e. The number of benzene rings is 1. The Kier molecular flexibility index (Phi) is 2.88. The Labute approximate surface area is 165 Å². The van der Waals surface area contributed by atoms with Gasteiger partial charge in [-0.1, -0.05) is 20.6 Å². The van der Waals surface area contributed by atoms with E-state index in [1.54, 1.807) is 0 Å². The number of nitrogens with zero attached hydrogens (tertiary/aromatic N) is 1. The number of hydrogen-bond acceptors (Lipinski definition) is 4. The van der Waals surface area contributed by atoms with E-state index in [9.17, 15) is 9.59 Å². The van der Waals surface area contributed by atoms with E-state index in [1.165, 1.54) is 12.3 Å². The van der Waals surface area contributed by atoms with Crippen molar-refractivity contribution in [2.75, 3.05) is 7.11 Å². The molecule has 0 spiro atoms. The zero-order valence-corrected chi connectivity index (χ0v) is 13.7. The number of rotatable bonds is 6. The standard InChI is InChI=1S/C20H22FNO4/c1-20(2,3)15-11-16(21)13(10-18(15)26-4)9-14(23)7-12-5-6-22-17(8-12)19(24)25/h5-6,8,10-11H,7,9H2,1-4H3,(H,24,25)/i1D3,2D3,3D3,10D. The van der Waals surface area contributed by atoms with Gasteiger partial charge in [-0.3, -0.25) is 4.79 Å². The van der Waals surface area contributed by atoms with Crippen molar-refractivity contribution in [3.05, 3.63) is 58.6 Å². The summed E-state index contributed by atoms with van der Waals surface area (Å²) in [5.74, 6) is -4.18. The van der Waals surface area contributed by atoms with Crippen molar-refractivity contribution >= 4 is 11.8 Å². The largest absolute Gasteiger partial charge is 0.496 e. The number of hydrogen-bond donors (Lipinski definition) is 1. The molecule has 0 amide bonds. The van der Waals surface area contributed by atoms with Gasteiger partial charge in [-0.2, -0.15) is 0 Å². The molecule has 6 heteroatoms. The predicted molar refractivity (Wildman–Crippen MR) is 95.3 cm³/mol. The van der Waals surface area contributed by atoms with Crippen molar-refractivity contribution in [1.29, 1.82) is 0 Å². The molecule has 138 valence electrons. The summed E-state index contributed by atoms with van der Waals surface area (Å²) in [5, 5.41) is 9.02. The molecule has 2 rings (SSSR count). The van der Waals surface area contributed by atoms with Gasteiger partial charge >= 0.3 is 5.97 Å². The number of ketones is 1. The third-order valence-electron chi connectivity index (χ3n) is 3.50. The molecular weight excluding hydrogens is 337 g/mol. The summed E-state index contributed by atoms with van der Waals surface area (Å²) >= 11 is 0. The monoisotopic (exact) mass is 369 g/mol. The van der Waals surface area contributed by atoms with Crippen LogP contribution in [0.1, 0.15) is 61.4 Å². The van der Waals surface area contributed by atoms with E-state index in [0.29, 0.717) is 6.07 Å². The van der Waals surface area contributed by atoms with Gasteiger partial charge in [0.25, 0.3) is 0 Å². The Bertz CT molecular complexity index is 1140. The smallest absolute Gasteiger partial charge is 0.354 e. The molecule has 0 bridgehead atoms. The van der Waals surface area contributed by atoms with Crippen LogP contribution in [-0.4, -0.2) is 29.0 Å². The highest BCUT2D eigenvalue weighted by molar-refractivity contribution is 5.87. The number of methoxy groups -OCH3 is 1. The molecule has 0 radical (unpaired) electrons. The third kappa shape index (κ3) is 4.65. The lowest BCUT2D eigenvalue weighted by atomic mass is 9.85. The second kappa shape index (κ2) is 7.64. The van der Waals surface area contributed by atoms with E-state index in [-0.39, 0.29) is 17.7 Å². The lowest BCUT2D eigenvalue weighted by Gasteiger charge is -2.23. The van der Waals surface area contributed by atoms with E-state index in [4.69, 9.17) is 23.6 Å².